The second-order valence-corrected chi connectivity index (χ2v) is 4.99. The van der Waals surface area contributed by atoms with E-state index in [0.29, 0.717) is 18.8 Å². The van der Waals surface area contributed by atoms with E-state index in [1.807, 2.05) is 6.92 Å². The summed E-state index contributed by atoms with van der Waals surface area (Å²) in [6.07, 6.45) is -2.83. The lowest BCUT2D eigenvalue weighted by molar-refractivity contribution is -0.146. The first-order chi connectivity index (χ1) is 8.65. The number of alkyl halides is 3. The first kappa shape index (κ1) is 15.6. The van der Waals surface area contributed by atoms with Crippen molar-refractivity contribution in [2.24, 2.45) is 5.92 Å². The van der Waals surface area contributed by atoms with Gasteiger partial charge in [0, 0.05) is 0 Å². The van der Waals surface area contributed by atoms with Crippen molar-refractivity contribution >= 4 is 12.0 Å². The molecule has 5 nitrogen and oxygen atoms in total. The maximum Gasteiger partial charge on any atom is 0.405 e. The molecule has 0 bridgehead atoms. The van der Waals surface area contributed by atoms with Gasteiger partial charge in [0.15, 0.2) is 0 Å². The average Bonchev–Trinajstić information content (AvgIpc) is 2.29. The van der Waals surface area contributed by atoms with Crippen LogP contribution in [0.5, 0.6) is 0 Å². The van der Waals surface area contributed by atoms with Crippen LogP contribution in [0.4, 0.5) is 18.0 Å². The van der Waals surface area contributed by atoms with Crippen molar-refractivity contribution in [3.05, 3.63) is 0 Å². The minimum Gasteiger partial charge on any atom is -0.480 e. The van der Waals surface area contributed by atoms with Crippen LogP contribution in [-0.4, -0.2) is 35.4 Å². The molecule has 110 valence electrons. The highest BCUT2D eigenvalue weighted by molar-refractivity contribution is 5.86. The zero-order valence-electron chi connectivity index (χ0n) is 10.5. The van der Waals surface area contributed by atoms with Gasteiger partial charge in [0.2, 0.25) is 0 Å². The first-order valence-corrected chi connectivity index (χ1v) is 6.01. The van der Waals surface area contributed by atoms with Crippen LogP contribution in [0.25, 0.3) is 0 Å². The summed E-state index contributed by atoms with van der Waals surface area (Å²) in [5.41, 5.74) is -1.46. The Bertz CT molecular complexity index is 350. The van der Waals surface area contributed by atoms with E-state index in [1.165, 1.54) is 0 Å². The Morgan fingerprint density at radius 1 is 1.32 bits per heavy atom. The van der Waals surface area contributed by atoms with Crippen molar-refractivity contribution in [3.8, 4) is 0 Å². The molecule has 0 aromatic rings. The Morgan fingerprint density at radius 3 is 2.26 bits per heavy atom. The molecule has 0 aromatic heterocycles. The summed E-state index contributed by atoms with van der Waals surface area (Å²) < 4.78 is 35.8. The molecule has 2 amide bonds. The van der Waals surface area contributed by atoms with E-state index in [9.17, 15) is 27.9 Å². The molecule has 8 heteroatoms. The van der Waals surface area contributed by atoms with E-state index in [4.69, 9.17) is 0 Å². The van der Waals surface area contributed by atoms with Gasteiger partial charge in [0.25, 0.3) is 0 Å². The summed E-state index contributed by atoms with van der Waals surface area (Å²) in [7, 11) is 0. The molecule has 0 unspecified atom stereocenters. The number of carboxylic acid groups (broad SMARTS) is 1. The third kappa shape index (κ3) is 4.60. The van der Waals surface area contributed by atoms with Crippen molar-refractivity contribution in [2.75, 3.05) is 6.54 Å². The summed E-state index contributed by atoms with van der Waals surface area (Å²) in [4.78, 5) is 22.6. The molecule has 0 radical (unpaired) electrons. The van der Waals surface area contributed by atoms with Gasteiger partial charge < -0.3 is 15.7 Å². The molecule has 19 heavy (non-hydrogen) atoms. The first-order valence-electron chi connectivity index (χ1n) is 6.01. The molecule has 3 N–H and O–H groups in total. The monoisotopic (exact) mass is 282 g/mol. The molecule has 0 aliphatic heterocycles. The van der Waals surface area contributed by atoms with Crippen molar-refractivity contribution in [1.82, 2.24) is 10.6 Å². The van der Waals surface area contributed by atoms with Crippen LogP contribution in [-0.2, 0) is 4.79 Å². The number of carboxylic acids is 1. The van der Waals surface area contributed by atoms with Crippen LogP contribution < -0.4 is 10.6 Å². The Hall–Kier alpha value is -1.47. The third-order valence-corrected chi connectivity index (χ3v) is 3.34. The molecular weight excluding hydrogens is 265 g/mol. The number of amides is 2. The van der Waals surface area contributed by atoms with Crippen molar-refractivity contribution in [2.45, 2.75) is 44.3 Å². The Balaban J connectivity index is 2.59. The van der Waals surface area contributed by atoms with Crippen LogP contribution in [0.2, 0.25) is 0 Å². The highest BCUT2D eigenvalue weighted by atomic mass is 19.4. The summed E-state index contributed by atoms with van der Waals surface area (Å²) in [5.74, 6) is -0.853. The van der Waals surface area contributed by atoms with Crippen LogP contribution >= 0.6 is 0 Å². The van der Waals surface area contributed by atoms with Gasteiger partial charge in [0.05, 0.1) is 0 Å². The van der Waals surface area contributed by atoms with Crippen LogP contribution in [0.3, 0.4) is 0 Å². The highest BCUT2D eigenvalue weighted by Gasteiger charge is 2.42. The van der Waals surface area contributed by atoms with Crippen molar-refractivity contribution < 1.29 is 27.9 Å². The molecule has 1 fully saturated rings. The lowest BCUT2D eigenvalue weighted by atomic mass is 9.77. The predicted molar refractivity (Wildman–Crippen MR) is 60.6 cm³/mol. The van der Waals surface area contributed by atoms with E-state index in [0.717, 1.165) is 0 Å². The number of urea groups is 1. The van der Waals surface area contributed by atoms with Crippen LogP contribution in [0.15, 0.2) is 0 Å². The molecule has 1 rings (SSSR count). The molecule has 1 aliphatic rings. The number of nitrogens with one attached hydrogen (secondary N) is 2. The molecule has 0 saturated heterocycles. The fourth-order valence-corrected chi connectivity index (χ4v) is 2.09. The van der Waals surface area contributed by atoms with E-state index >= 15 is 0 Å². The van der Waals surface area contributed by atoms with Crippen molar-refractivity contribution in [3.63, 3.8) is 0 Å². The molecule has 1 saturated carbocycles. The van der Waals surface area contributed by atoms with E-state index in [1.54, 1.807) is 5.32 Å². The maximum atomic E-state index is 11.9. The Labute approximate surface area is 108 Å². The Kier molecular flexibility index (Phi) is 4.65. The lowest BCUT2D eigenvalue weighted by Gasteiger charge is -2.36. The highest BCUT2D eigenvalue weighted by Crippen LogP contribution is 2.32. The van der Waals surface area contributed by atoms with Crippen molar-refractivity contribution in [1.29, 1.82) is 0 Å². The number of hydrogen-bond acceptors (Lipinski definition) is 2. The largest absolute Gasteiger partial charge is 0.480 e. The fraction of sp³-hybridized carbons (Fsp3) is 0.818. The quantitative estimate of drug-likeness (QED) is 0.739. The topological polar surface area (TPSA) is 78.4 Å². The molecule has 0 heterocycles. The normalized spacial score (nSPS) is 27.7. The van der Waals surface area contributed by atoms with Crippen LogP contribution in [0, 0.1) is 5.92 Å². The van der Waals surface area contributed by atoms with Gasteiger partial charge >= 0.3 is 18.2 Å². The van der Waals surface area contributed by atoms with Gasteiger partial charge in [-0.25, -0.2) is 9.59 Å². The minimum atomic E-state index is -4.52. The standard InChI is InChI=1S/C11H17F3N2O3/c1-7-2-4-10(5-3-7,8(17)18)16-9(19)15-6-11(12,13)14/h7H,2-6H2,1H3,(H,17,18)(H2,15,16,19). The van der Waals surface area contributed by atoms with Gasteiger partial charge in [-0.2, -0.15) is 13.2 Å². The van der Waals surface area contributed by atoms with Gasteiger partial charge in [-0.05, 0) is 31.6 Å². The van der Waals surface area contributed by atoms with Gasteiger partial charge in [-0.15, -0.1) is 0 Å². The number of aliphatic carboxylic acids is 1. The number of carbonyl (C=O) groups excluding carboxylic acids is 1. The molecule has 0 aromatic carbocycles. The van der Waals surface area contributed by atoms with Gasteiger partial charge in [0.1, 0.15) is 12.1 Å². The average molecular weight is 282 g/mol. The van der Waals surface area contributed by atoms with E-state index < -0.39 is 30.3 Å². The molecular formula is C11H17F3N2O3. The SMILES string of the molecule is CC1CCC(NC(=O)NCC(F)(F)F)(C(=O)O)CC1. The number of hydrogen-bond donors (Lipinski definition) is 3. The maximum absolute atomic E-state index is 11.9. The fourth-order valence-electron chi connectivity index (χ4n) is 2.09. The predicted octanol–water partition coefficient (Wildman–Crippen LogP) is 1.88. The number of halogens is 3. The summed E-state index contributed by atoms with van der Waals surface area (Å²) in [5, 5.41) is 13.0. The minimum absolute atomic E-state index is 0.225. The third-order valence-electron chi connectivity index (χ3n) is 3.34. The summed E-state index contributed by atoms with van der Waals surface area (Å²) in [6, 6.07) is -1.10. The molecule has 1 aliphatic carbocycles. The Morgan fingerprint density at radius 2 is 1.84 bits per heavy atom. The molecule has 0 atom stereocenters. The number of carbonyl (C=O) groups is 2. The van der Waals surface area contributed by atoms with Crippen LogP contribution in [0.1, 0.15) is 32.6 Å². The second-order valence-electron chi connectivity index (χ2n) is 4.99. The zero-order valence-corrected chi connectivity index (χ0v) is 10.5. The number of rotatable bonds is 3. The van der Waals surface area contributed by atoms with Gasteiger partial charge in [-0.1, -0.05) is 6.92 Å². The van der Waals surface area contributed by atoms with Gasteiger partial charge in [-0.3, -0.25) is 0 Å². The van der Waals surface area contributed by atoms with E-state index in [-0.39, 0.29) is 12.8 Å². The summed E-state index contributed by atoms with van der Waals surface area (Å²) in [6.45, 7) is 0.487. The second kappa shape index (κ2) is 5.66. The summed E-state index contributed by atoms with van der Waals surface area (Å²) >= 11 is 0. The van der Waals surface area contributed by atoms with E-state index in [2.05, 4.69) is 5.32 Å². The lowest BCUT2D eigenvalue weighted by Crippen LogP contribution is -2.59. The smallest absolute Gasteiger partial charge is 0.405 e. The zero-order chi connectivity index (χ0) is 14.7. The molecule has 0 spiro atoms.